The number of aryl methyl sites for hydroxylation is 1. The summed E-state index contributed by atoms with van der Waals surface area (Å²) in [6.45, 7) is 2.19. The molecule has 3 N–H and O–H groups in total. The zero-order valence-corrected chi connectivity index (χ0v) is 12.6. The van der Waals surface area contributed by atoms with Gasteiger partial charge in [0.1, 0.15) is 0 Å². The van der Waals surface area contributed by atoms with Gasteiger partial charge in [-0.15, -0.1) is 11.3 Å². The maximum Gasteiger partial charge on any atom is 0.335 e. The number of nitrogens with zero attached hydrogens (tertiary/aromatic N) is 1. The van der Waals surface area contributed by atoms with Crippen LogP contribution in [0.15, 0.2) is 23.6 Å². The van der Waals surface area contributed by atoms with E-state index in [4.69, 9.17) is 16.7 Å². The molecule has 0 unspecified atom stereocenters. The van der Waals surface area contributed by atoms with Crippen LogP contribution in [0.2, 0.25) is 5.02 Å². The monoisotopic (exact) mass is 325 g/mol. The van der Waals surface area contributed by atoms with Crippen LogP contribution in [0.5, 0.6) is 0 Å². The van der Waals surface area contributed by atoms with Gasteiger partial charge in [0.05, 0.1) is 33.5 Å². The van der Waals surface area contributed by atoms with Crippen molar-refractivity contribution in [2.24, 2.45) is 0 Å². The Bertz CT molecular complexity index is 687. The molecule has 0 aliphatic heterocycles. The molecule has 0 aliphatic rings. The van der Waals surface area contributed by atoms with E-state index in [-0.39, 0.29) is 10.6 Å². The second-order valence-corrected chi connectivity index (χ2v) is 5.63. The molecule has 0 aliphatic carbocycles. The number of carbonyl (C=O) groups excluding carboxylic acids is 1. The average molecular weight is 326 g/mol. The van der Waals surface area contributed by atoms with Gasteiger partial charge in [-0.3, -0.25) is 0 Å². The van der Waals surface area contributed by atoms with Crippen LogP contribution in [0, 0.1) is 6.92 Å². The van der Waals surface area contributed by atoms with Gasteiger partial charge in [0, 0.05) is 5.38 Å². The van der Waals surface area contributed by atoms with Crippen molar-refractivity contribution in [1.29, 1.82) is 0 Å². The summed E-state index contributed by atoms with van der Waals surface area (Å²) < 4.78 is 0. The number of amides is 2. The number of carbonyl (C=O) groups is 2. The number of benzene rings is 1. The maximum atomic E-state index is 11.7. The lowest BCUT2D eigenvalue weighted by Crippen LogP contribution is -2.28. The Labute approximate surface area is 129 Å². The van der Waals surface area contributed by atoms with Crippen LogP contribution in [0.3, 0.4) is 0 Å². The quantitative estimate of drug-likeness (QED) is 0.805. The van der Waals surface area contributed by atoms with E-state index in [1.807, 2.05) is 12.3 Å². The van der Waals surface area contributed by atoms with Gasteiger partial charge in [0.2, 0.25) is 0 Å². The van der Waals surface area contributed by atoms with Crippen LogP contribution < -0.4 is 10.6 Å². The minimum atomic E-state index is -1.08. The second-order valence-electron chi connectivity index (χ2n) is 4.17. The fraction of sp³-hybridized carbons (Fsp3) is 0.154. The minimum Gasteiger partial charge on any atom is -0.478 e. The largest absolute Gasteiger partial charge is 0.478 e. The molecule has 0 saturated carbocycles. The summed E-state index contributed by atoms with van der Waals surface area (Å²) in [5.74, 6) is -1.08. The normalized spacial score (nSPS) is 10.2. The third kappa shape index (κ3) is 4.17. The molecule has 0 fully saturated rings. The van der Waals surface area contributed by atoms with E-state index < -0.39 is 12.0 Å². The standard InChI is InChI=1S/C13H12ClN3O3S/c1-7-16-9(6-21-7)5-15-13(20)17-11-3-2-8(12(18)19)4-10(11)14/h2-4,6H,5H2,1H3,(H,18,19)(H2,15,17,20). The molecule has 110 valence electrons. The minimum absolute atomic E-state index is 0.0592. The van der Waals surface area contributed by atoms with E-state index in [1.54, 1.807) is 0 Å². The summed E-state index contributed by atoms with van der Waals surface area (Å²) in [6.07, 6.45) is 0. The van der Waals surface area contributed by atoms with Gasteiger partial charge in [0.25, 0.3) is 0 Å². The average Bonchev–Trinajstić information content (AvgIpc) is 2.84. The van der Waals surface area contributed by atoms with Gasteiger partial charge < -0.3 is 15.7 Å². The lowest BCUT2D eigenvalue weighted by atomic mass is 10.2. The van der Waals surface area contributed by atoms with Crippen molar-refractivity contribution in [3.8, 4) is 0 Å². The zero-order valence-electron chi connectivity index (χ0n) is 11.0. The molecule has 0 bridgehead atoms. The second kappa shape index (κ2) is 6.55. The number of anilines is 1. The highest BCUT2D eigenvalue weighted by Gasteiger charge is 2.09. The van der Waals surface area contributed by atoms with Crippen LogP contribution in [0.1, 0.15) is 21.1 Å². The van der Waals surface area contributed by atoms with Gasteiger partial charge in [-0.05, 0) is 25.1 Å². The number of hydrogen-bond donors (Lipinski definition) is 3. The van der Waals surface area contributed by atoms with E-state index in [9.17, 15) is 9.59 Å². The highest BCUT2D eigenvalue weighted by Crippen LogP contribution is 2.23. The van der Waals surface area contributed by atoms with Gasteiger partial charge >= 0.3 is 12.0 Å². The van der Waals surface area contributed by atoms with Crippen LogP contribution in [0.25, 0.3) is 0 Å². The molecular weight excluding hydrogens is 314 g/mol. The Kier molecular flexibility index (Phi) is 4.77. The van der Waals surface area contributed by atoms with Crippen LogP contribution in [0.4, 0.5) is 10.5 Å². The van der Waals surface area contributed by atoms with Crippen molar-refractivity contribution < 1.29 is 14.7 Å². The number of carboxylic acids is 1. The summed E-state index contributed by atoms with van der Waals surface area (Å²) in [7, 11) is 0. The topological polar surface area (TPSA) is 91.3 Å². The number of thiazole rings is 1. The lowest BCUT2D eigenvalue weighted by Gasteiger charge is -2.08. The van der Waals surface area contributed by atoms with E-state index in [0.29, 0.717) is 12.2 Å². The first-order valence-corrected chi connectivity index (χ1v) is 7.20. The molecule has 0 spiro atoms. The number of urea groups is 1. The van der Waals surface area contributed by atoms with Crippen molar-refractivity contribution in [2.75, 3.05) is 5.32 Å². The van der Waals surface area contributed by atoms with Gasteiger partial charge in [-0.2, -0.15) is 0 Å². The van der Waals surface area contributed by atoms with Crippen molar-refractivity contribution in [3.63, 3.8) is 0 Å². The number of aromatic carboxylic acids is 1. The molecule has 2 rings (SSSR count). The number of rotatable bonds is 4. The Morgan fingerprint density at radius 2 is 2.19 bits per heavy atom. The van der Waals surface area contributed by atoms with Crippen LogP contribution in [-0.4, -0.2) is 22.1 Å². The molecule has 2 aromatic rings. The van der Waals surface area contributed by atoms with E-state index in [1.165, 1.54) is 29.5 Å². The molecule has 2 amide bonds. The Morgan fingerprint density at radius 3 is 2.76 bits per heavy atom. The Morgan fingerprint density at radius 1 is 1.43 bits per heavy atom. The molecule has 1 aromatic heterocycles. The van der Waals surface area contributed by atoms with Crippen molar-refractivity contribution in [2.45, 2.75) is 13.5 Å². The van der Waals surface area contributed by atoms with Crippen LogP contribution >= 0.6 is 22.9 Å². The Hall–Kier alpha value is -2.12. The molecule has 6 nitrogen and oxygen atoms in total. The molecule has 0 radical (unpaired) electrons. The number of carboxylic acid groups (broad SMARTS) is 1. The number of halogens is 1. The molecule has 1 heterocycles. The first-order valence-electron chi connectivity index (χ1n) is 5.94. The van der Waals surface area contributed by atoms with Crippen molar-refractivity contribution in [3.05, 3.63) is 44.9 Å². The molecule has 8 heteroatoms. The first kappa shape index (κ1) is 15.3. The smallest absolute Gasteiger partial charge is 0.335 e. The lowest BCUT2D eigenvalue weighted by molar-refractivity contribution is 0.0697. The molecule has 1 aromatic carbocycles. The van der Waals surface area contributed by atoms with E-state index in [2.05, 4.69) is 15.6 Å². The summed E-state index contributed by atoms with van der Waals surface area (Å²) in [5.41, 5.74) is 1.18. The SMILES string of the molecule is Cc1nc(CNC(=O)Nc2ccc(C(=O)O)cc2Cl)cs1. The number of aromatic nitrogens is 1. The van der Waals surface area contributed by atoms with E-state index >= 15 is 0 Å². The number of nitrogens with one attached hydrogen (secondary N) is 2. The maximum absolute atomic E-state index is 11.7. The fourth-order valence-electron chi connectivity index (χ4n) is 1.58. The summed E-state index contributed by atoms with van der Waals surface area (Å²) in [5, 5.41) is 17.0. The van der Waals surface area contributed by atoms with E-state index in [0.717, 1.165) is 10.7 Å². The first-order chi connectivity index (χ1) is 9.95. The summed E-state index contributed by atoms with van der Waals surface area (Å²) >= 11 is 7.43. The predicted molar refractivity (Wildman–Crippen MR) is 81.1 cm³/mol. The predicted octanol–water partition coefficient (Wildman–Crippen LogP) is 3.12. The van der Waals surface area contributed by atoms with Gasteiger partial charge in [-0.25, -0.2) is 14.6 Å². The third-order valence-corrected chi connectivity index (χ3v) is 3.70. The molecular formula is C13H12ClN3O3S. The zero-order chi connectivity index (χ0) is 15.4. The van der Waals surface area contributed by atoms with Crippen molar-refractivity contribution >= 4 is 40.6 Å². The van der Waals surface area contributed by atoms with Gasteiger partial charge in [0.15, 0.2) is 0 Å². The molecule has 0 atom stereocenters. The van der Waals surface area contributed by atoms with Gasteiger partial charge in [-0.1, -0.05) is 11.6 Å². The molecule has 0 saturated heterocycles. The highest BCUT2D eigenvalue weighted by atomic mass is 35.5. The molecule has 21 heavy (non-hydrogen) atoms. The highest BCUT2D eigenvalue weighted by molar-refractivity contribution is 7.09. The Balaban J connectivity index is 1.94. The third-order valence-electron chi connectivity index (χ3n) is 2.56. The summed E-state index contributed by atoms with van der Waals surface area (Å²) in [6, 6.07) is 3.65. The fourth-order valence-corrected chi connectivity index (χ4v) is 2.42. The van der Waals surface area contributed by atoms with Crippen LogP contribution in [-0.2, 0) is 6.54 Å². The van der Waals surface area contributed by atoms with Crippen molar-refractivity contribution in [1.82, 2.24) is 10.3 Å². The number of hydrogen-bond acceptors (Lipinski definition) is 4. The summed E-state index contributed by atoms with van der Waals surface area (Å²) in [4.78, 5) is 26.7.